The van der Waals surface area contributed by atoms with E-state index in [1.807, 2.05) is 29.8 Å². The van der Waals surface area contributed by atoms with Gasteiger partial charge in [0, 0.05) is 18.7 Å². The van der Waals surface area contributed by atoms with Gasteiger partial charge in [0.1, 0.15) is 5.82 Å². The van der Waals surface area contributed by atoms with Crippen LogP contribution < -0.4 is 0 Å². The fraction of sp³-hybridized carbons (Fsp3) is 0.429. The molecule has 1 fully saturated rings. The van der Waals surface area contributed by atoms with Crippen LogP contribution in [-0.2, 0) is 22.6 Å². The van der Waals surface area contributed by atoms with E-state index in [0.29, 0.717) is 6.42 Å². The average molecular weight is 323 g/mol. The minimum absolute atomic E-state index is 0.0152. The Balaban J connectivity index is 1.71. The van der Waals surface area contributed by atoms with Gasteiger partial charge in [0.25, 0.3) is 0 Å². The van der Waals surface area contributed by atoms with Gasteiger partial charge in [-0.2, -0.15) is 0 Å². The number of nitrogens with zero attached hydrogens (tertiary/aromatic N) is 3. The first-order chi connectivity index (χ1) is 10.1. The van der Waals surface area contributed by atoms with Crippen molar-refractivity contribution < 1.29 is 8.42 Å². The Bertz CT molecular complexity index is 726. The highest BCUT2D eigenvalue weighted by Crippen LogP contribution is 2.30. The second-order valence-electron chi connectivity index (χ2n) is 5.27. The molecule has 0 amide bonds. The molecule has 1 aromatic heterocycles. The zero-order chi connectivity index (χ0) is 14.9. The number of hydrogen-bond donors (Lipinski definition) is 0. The summed E-state index contributed by atoms with van der Waals surface area (Å²) >= 11 is 1.62. The van der Waals surface area contributed by atoms with Gasteiger partial charge < -0.3 is 4.57 Å². The van der Waals surface area contributed by atoms with E-state index < -0.39 is 9.84 Å². The number of rotatable bonds is 4. The van der Waals surface area contributed by atoms with Crippen LogP contribution in [0.2, 0.25) is 0 Å². The normalized spacial score (nSPS) is 20.7. The van der Waals surface area contributed by atoms with Crippen LogP contribution >= 0.6 is 11.8 Å². The minimum Gasteiger partial charge on any atom is -0.309 e. The summed E-state index contributed by atoms with van der Waals surface area (Å²) < 4.78 is 25.1. The summed E-state index contributed by atoms with van der Waals surface area (Å²) in [6.45, 7) is 0. The lowest BCUT2D eigenvalue weighted by Crippen LogP contribution is -2.09. The van der Waals surface area contributed by atoms with Crippen LogP contribution in [0.15, 0.2) is 35.5 Å². The summed E-state index contributed by atoms with van der Waals surface area (Å²) in [5, 5.41) is 9.24. The van der Waals surface area contributed by atoms with E-state index in [2.05, 4.69) is 22.3 Å². The number of thioether (sulfide) groups is 1. The van der Waals surface area contributed by atoms with E-state index in [9.17, 15) is 8.42 Å². The van der Waals surface area contributed by atoms with E-state index in [-0.39, 0.29) is 17.4 Å². The first-order valence-electron chi connectivity index (χ1n) is 6.81. The molecule has 7 heteroatoms. The zero-order valence-electron chi connectivity index (χ0n) is 11.8. The lowest BCUT2D eigenvalue weighted by Gasteiger charge is -2.07. The molecule has 112 valence electrons. The van der Waals surface area contributed by atoms with Crippen molar-refractivity contribution in [2.45, 2.75) is 23.2 Å². The van der Waals surface area contributed by atoms with E-state index in [0.717, 1.165) is 16.7 Å². The van der Waals surface area contributed by atoms with Gasteiger partial charge in [0.2, 0.25) is 0 Å². The lowest BCUT2D eigenvalue weighted by atomic mass is 10.1. The minimum atomic E-state index is -2.89. The zero-order valence-corrected chi connectivity index (χ0v) is 13.4. The summed E-state index contributed by atoms with van der Waals surface area (Å²) in [7, 11) is -0.984. The summed E-state index contributed by atoms with van der Waals surface area (Å²) in [4.78, 5) is 0. The van der Waals surface area contributed by atoms with Gasteiger partial charge in [0.15, 0.2) is 15.0 Å². The molecule has 1 atom stereocenters. The van der Waals surface area contributed by atoms with Crippen LogP contribution in [0.4, 0.5) is 0 Å². The molecule has 0 unspecified atom stereocenters. The Morgan fingerprint density at radius 3 is 2.71 bits per heavy atom. The molecule has 1 aliphatic rings. The van der Waals surface area contributed by atoms with Crippen LogP contribution in [-0.4, -0.2) is 34.7 Å². The van der Waals surface area contributed by atoms with Gasteiger partial charge in [-0.15, -0.1) is 10.2 Å². The first kappa shape index (κ1) is 14.6. The number of benzene rings is 1. The largest absolute Gasteiger partial charge is 0.309 e. The molecule has 21 heavy (non-hydrogen) atoms. The average Bonchev–Trinajstić information content (AvgIpc) is 3.00. The van der Waals surface area contributed by atoms with Gasteiger partial charge in [-0.25, -0.2) is 8.42 Å². The molecule has 0 aliphatic carbocycles. The van der Waals surface area contributed by atoms with Crippen LogP contribution in [0.5, 0.6) is 0 Å². The Kier molecular flexibility index (Phi) is 4.03. The maximum absolute atomic E-state index is 11.6. The molecular weight excluding hydrogens is 306 g/mol. The third-order valence-corrected chi connectivity index (χ3v) is 6.54. The van der Waals surface area contributed by atoms with Crippen molar-refractivity contribution in [2.75, 3.05) is 11.5 Å². The van der Waals surface area contributed by atoms with Gasteiger partial charge in [0.05, 0.1) is 11.5 Å². The van der Waals surface area contributed by atoms with Crippen molar-refractivity contribution in [2.24, 2.45) is 7.05 Å². The second kappa shape index (κ2) is 5.81. The van der Waals surface area contributed by atoms with Crippen LogP contribution in [0.3, 0.4) is 0 Å². The molecule has 0 radical (unpaired) electrons. The Morgan fingerprint density at radius 2 is 2.05 bits per heavy atom. The Morgan fingerprint density at radius 1 is 1.29 bits per heavy atom. The van der Waals surface area contributed by atoms with E-state index >= 15 is 0 Å². The van der Waals surface area contributed by atoms with Gasteiger partial charge in [-0.3, -0.25) is 0 Å². The monoisotopic (exact) mass is 323 g/mol. The molecule has 5 nitrogen and oxygen atoms in total. The molecule has 0 spiro atoms. The molecule has 2 aromatic rings. The van der Waals surface area contributed by atoms with Crippen molar-refractivity contribution >= 4 is 21.6 Å². The fourth-order valence-electron chi connectivity index (χ4n) is 2.53. The van der Waals surface area contributed by atoms with Crippen LogP contribution in [0.25, 0.3) is 0 Å². The summed E-state index contributed by atoms with van der Waals surface area (Å²) in [6, 6.07) is 10.2. The van der Waals surface area contributed by atoms with E-state index in [4.69, 9.17) is 0 Å². The quantitative estimate of drug-likeness (QED) is 0.805. The molecule has 0 bridgehead atoms. The SMILES string of the molecule is Cn1c(SCc2ccccc2)nnc1[C@@H]1CCS(=O)(=O)C1. The molecular formula is C14H17N3O2S2. The predicted octanol–water partition coefficient (Wildman–Crippen LogP) is 2.01. The fourth-order valence-corrected chi connectivity index (χ4v) is 5.14. The van der Waals surface area contributed by atoms with Gasteiger partial charge >= 0.3 is 0 Å². The highest BCUT2D eigenvalue weighted by molar-refractivity contribution is 7.98. The van der Waals surface area contributed by atoms with E-state index in [1.165, 1.54) is 5.56 Å². The van der Waals surface area contributed by atoms with Crippen LogP contribution in [0, 0.1) is 0 Å². The van der Waals surface area contributed by atoms with Crippen molar-refractivity contribution in [1.29, 1.82) is 0 Å². The first-order valence-corrected chi connectivity index (χ1v) is 9.62. The highest BCUT2D eigenvalue weighted by Gasteiger charge is 2.32. The molecule has 1 saturated heterocycles. The molecule has 2 heterocycles. The molecule has 1 aromatic carbocycles. The molecule has 0 saturated carbocycles. The lowest BCUT2D eigenvalue weighted by molar-refractivity contribution is 0.599. The maximum Gasteiger partial charge on any atom is 0.191 e. The third-order valence-electron chi connectivity index (χ3n) is 3.68. The Hall–Kier alpha value is -1.34. The van der Waals surface area contributed by atoms with Crippen LogP contribution in [0.1, 0.15) is 23.7 Å². The summed E-state index contributed by atoms with van der Waals surface area (Å²) in [6.07, 6.45) is 0.650. The second-order valence-corrected chi connectivity index (χ2v) is 8.45. The number of hydrogen-bond acceptors (Lipinski definition) is 5. The number of sulfone groups is 1. The number of aromatic nitrogens is 3. The summed E-state index contributed by atoms with van der Waals surface area (Å²) in [5.41, 5.74) is 1.23. The molecule has 1 aliphatic heterocycles. The standard InChI is InChI=1S/C14H17N3O2S2/c1-17-13(12-7-8-21(18,19)10-12)15-16-14(17)20-9-11-5-3-2-4-6-11/h2-6,12H,7-10H2,1H3/t12-/m1/s1. The molecule has 0 N–H and O–H groups in total. The van der Waals surface area contributed by atoms with Crippen molar-refractivity contribution in [3.63, 3.8) is 0 Å². The Labute approximate surface area is 128 Å². The molecule has 3 rings (SSSR count). The topological polar surface area (TPSA) is 64.8 Å². The van der Waals surface area contributed by atoms with Crippen molar-refractivity contribution in [3.05, 3.63) is 41.7 Å². The highest BCUT2D eigenvalue weighted by atomic mass is 32.2. The van der Waals surface area contributed by atoms with Crippen molar-refractivity contribution in [3.8, 4) is 0 Å². The van der Waals surface area contributed by atoms with Gasteiger partial charge in [-0.1, -0.05) is 42.1 Å². The predicted molar refractivity (Wildman–Crippen MR) is 83.0 cm³/mol. The van der Waals surface area contributed by atoms with Gasteiger partial charge in [-0.05, 0) is 12.0 Å². The van der Waals surface area contributed by atoms with E-state index in [1.54, 1.807) is 11.8 Å². The maximum atomic E-state index is 11.6. The smallest absolute Gasteiger partial charge is 0.191 e. The third kappa shape index (κ3) is 3.29. The van der Waals surface area contributed by atoms with Crippen molar-refractivity contribution in [1.82, 2.24) is 14.8 Å². The summed E-state index contributed by atoms with van der Waals surface area (Å²) in [5.74, 6) is 2.06.